The molecule has 6 heteroatoms. The van der Waals surface area contributed by atoms with Gasteiger partial charge in [-0.2, -0.15) is 5.10 Å². The van der Waals surface area contributed by atoms with Gasteiger partial charge in [-0.1, -0.05) is 18.2 Å². The molecule has 0 bridgehead atoms. The number of rotatable bonds is 2. The minimum Gasteiger partial charge on any atom is -0.383 e. The maximum atomic E-state index is 12.1. The highest BCUT2D eigenvalue weighted by atomic mass is 16.1. The number of nitrogen functional groups attached to an aromatic ring is 1. The van der Waals surface area contributed by atoms with Crippen molar-refractivity contribution in [1.29, 1.82) is 0 Å². The van der Waals surface area contributed by atoms with Gasteiger partial charge >= 0.3 is 5.69 Å². The number of imidazole rings is 1. The van der Waals surface area contributed by atoms with Gasteiger partial charge in [0, 0.05) is 37.6 Å². The number of benzene rings is 1. The molecule has 2 heterocycles. The lowest BCUT2D eigenvalue weighted by Gasteiger charge is -2.09. The number of aromatic nitrogens is 4. The van der Waals surface area contributed by atoms with E-state index in [1.807, 2.05) is 24.3 Å². The minimum atomic E-state index is -0.0973. The number of para-hydroxylation sites is 1. The van der Waals surface area contributed by atoms with Crippen LogP contribution in [0.5, 0.6) is 0 Å². The van der Waals surface area contributed by atoms with Crippen molar-refractivity contribution in [1.82, 2.24) is 18.9 Å². The number of hydrogen-bond acceptors (Lipinski definition) is 3. The third-order valence-corrected chi connectivity index (χ3v) is 3.39. The molecule has 20 heavy (non-hydrogen) atoms. The van der Waals surface area contributed by atoms with Crippen molar-refractivity contribution in [3.05, 3.63) is 53.3 Å². The van der Waals surface area contributed by atoms with Crippen molar-refractivity contribution in [3.8, 4) is 16.8 Å². The Kier molecular flexibility index (Phi) is 2.71. The molecule has 0 aliphatic carbocycles. The summed E-state index contributed by atoms with van der Waals surface area (Å²) in [5, 5.41) is 4.15. The second-order valence-corrected chi connectivity index (χ2v) is 4.65. The van der Waals surface area contributed by atoms with E-state index in [1.54, 1.807) is 41.9 Å². The Balaban J connectivity index is 2.27. The first-order chi connectivity index (χ1) is 9.59. The molecule has 0 unspecified atom stereocenters. The predicted octanol–water partition coefficient (Wildman–Crippen LogP) is 1.16. The van der Waals surface area contributed by atoms with Gasteiger partial charge in [0.2, 0.25) is 0 Å². The van der Waals surface area contributed by atoms with Crippen LogP contribution in [0.1, 0.15) is 0 Å². The largest absolute Gasteiger partial charge is 0.383 e. The molecule has 0 saturated carbocycles. The molecule has 0 atom stereocenters. The maximum absolute atomic E-state index is 12.1. The second kappa shape index (κ2) is 4.41. The lowest BCUT2D eigenvalue weighted by Crippen LogP contribution is -2.20. The molecular formula is C14H15N5O. The van der Waals surface area contributed by atoms with Crippen LogP contribution in [0.25, 0.3) is 16.8 Å². The molecule has 6 nitrogen and oxygen atoms in total. The Morgan fingerprint density at radius 1 is 1.10 bits per heavy atom. The lowest BCUT2D eigenvalue weighted by molar-refractivity contribution is 0.779. The molecule has 1 aromatic carbocycles. The van der Waals surface area contributed by atoms with E-state index in [9.17, 15) is 4.79 Å². The molecule has 0 saturated heterocycles. The van der Waals surface area contributed by atoms with Crippen LogP contribution in [0.3, 0.4) is 0 Å². The van der Waals surface area contributed by atoms with E-state index in [1.165, 1.54) is 4.57 Å². The Bertz CT molecular complexity index is 824. The highest BCUT2D eigenvalue weighted by Crippen LogP contribution is 2.29. The van der Waals surface area contributed by atoms with E-state index < -0.39 is 0 Å². The zero-order valence-corrected chi connectivity index (χ0v) is 11.3. The normalized spacial score (nSPS) is 10.9. The summed E-state index contributed by atoms with van der Waals surface area (Å²) >= 11 is 0. The fourth-order valence-electron chi connectivity index (χ4n) is 2.21. The summed E-state index contributed by atoms with van der Waals surface area (Å²) in [4.78, 5) is 12.1. The molecule has 102 valence electrons. The first kappa shape index (κ1) is 12.3. The Labute approximate surface area is 115 Å². The highest BCUT2D eigenvalue weighted by Gasteiger charge is 2.14. The number of hydrogen-bond donors (Lipinski definition) is 1. The Hall–Kier alpha value is -2.76. The van der Waals surface area contributed by atoms with Crippen molar-refractivity contribution in [3.63, 3.8) is 0 Å². The molecule has 0 fully saturated rings. The summed E-state index contributed by atoms with van der Waals surface area (Å²) < 4.78 is 4.74. The monoisotopic (exact) mass is 269 g/mol. The molecule has 0 aliphatic rings. The van der Waals surface area contributed by atoms with Crippen molar-refractivity contribution in [2.24, 2.45) is 14.1 Å². The van der Waals surface area contributed by atoms with E-state index in [0.717, 1.165) is 16.8 Å². The average Bonchev–Trinajstić information content (AvgIpc) is 2.95. The first-order valence-electron chi connectivity index (χ1n) is 6.21. The topological polar surface area (TPSA) is 70.8 Å². The first-order valence-corrected chi connectivity index (χ1v) is 6.21. The van der Waals surface area contributed by atoms with E-state index in [2.05, 4.69) is 5.10 Å². The van der Waals surface area contributed by atoms with Crippen LogP contribution in [0.2, 0.25) is 0 Å². The van der Waals surface area contributed by atoms with Crippen LogP contribution in [0, 0.1) is 0 Å². The summed E-state index contributed by atoms with van der Waals surface area (Å²) in [5.41, 5.74) is 8.42. The van der Waals surface area contributed by atoms with Gasteiger partial charge in [-0.05, 0) is 6.07 Å². The van der Waals surface area contributed by atoms with Crippen molar-refractivity contribution < 1.29 is 0 Å². The van der Waals surface area contributed by atoms with Gasteiger partial charge in [-0.3, -0.25) is 9.25 Å². The predicted molar refractivity (Wildman–Crippen MR) is 77.6 cm³/mol. The SMILES string of the molecule is Cn1ncc(-c2ccccc2-n2ccn(C)c2=O)c1N. The van der Waals surface area contributed by atoms with E-state index in [0.29, 0.717) is 5.82 Å². The molecule has 0 radical (unpaired) electrons. The van der Waals surface area contributed by atoms with Gasteiger partial charge in [0.05, 0.1) is 11.9 Å². The number of anilines is 1. The van der Waals surface area contributed by atoms with Crippen molar-refractivity contribution >= 4 is 5.82 Å². The molecule has 0 amide bonds. The molecule has 3 aromatic rings. The van der Waals surface area contributed by atoms with E-state index in [4.69, 9.17) is 5.73 Å². The molecule has 2 aromatic heterocycles. The average molecular weight is 269 g/mol. The fraction of sp³-hybridized carbons (Fsp3) is 0.143. The third kappa shape index (κ3) is 1.73. The lowest BCUT2D eigenvalue weighted by atomic mass is 10.1. The Morgan fingerprint density at radius 3 is 2.45 bits per heavy atom. The summed E-state index contributed by atoms with van der Waals surface area (Å²) in [5.74, 6) is 0.571. The number of nitrogens with zero attached hydrogens (tertiary/aromatic N) is 4. The Morgan fingerprint density at radius 2 is 1.85 bits per heavy atom. The third-order valence-electron chi connectivity index (χ3n) is 3.39. The molecule has 0 aliphatic heterocycles. The van der Waals surface area contributed by atoms with Gasteiger partial charge in [-0.15, -0.1) is 0 Å². The van der Waals surface area contributed by atoms with Gasteiger partial charge < -0.3 is 10.3 Å². The summed E-state index contributed by atoms with van der Waals surface area (Å²) in [6, 6.07) is 7.63. The summed E-state index contributed by atoms with van der Waals surface area (Å²) in [6.45, 7) is 0. The smallest absolute Gasteiger partial charge is 0.332 e. The molecular weight excluding hydrogens is 254 g/mol. The van der Waals surface area contributed by atoms with Gasteiger partial charge in [-0.25, -0.2) is 4.79 Å². The van der Waals surface area contributed by atoms with Crippen LogP contribution in [0.15, 0.2) is 47.7 Å². The van der Waals surface area contributed by atoms with Crippen molar-refractivity contribution in [2.45, 2.75) is 0 Å². The quantitative estimate of drug-likeness (QED) is 0.759. The van der Waals surface area contributed by atoms with Crippen LogP contribution >= 0.6 is 0 Å². The number of nitrogens with two attached hydrogens (primary N) is 1. The minimum absolute atomic E-state index is 0.0973. The van der Waals surface area contributed by atoms with Crippen LogP contribution in [-0.4, -0.2) is 18.9 Å². The van der Waals surface area contributed by atoms with Crippen LogP contribution < -0.4 is 11.4 Å². The zero-order valence-electron chi connectivity index (χ0n) is 11.3. The van der Waals surface area contributed by atoms with Gasteiger partial charge in [0.1, 0.15) is 5.82 Å². The van der Waals surface area contributed by atoms with E-state index in [-0.39, 0.29) is 5.69 Å². The molecule has 3 rings (SSSR count). The summed E-state index contributed by atoms with van der Waals surface area (Å²) in [6.07, 6.45) is 5.18. The van der Waals surface area contributed by atoms with Crippen molar-refractivity contribution in [2.75, 3.05) is 5.73 Å². The molecule has 0 spiro atoms. The summed E-state index contributed by atoms with van der Waals surface area (Å²) in [7, 11) is 3.51. The number of aryl methyl sites for hydroxylation is 2. The maximum Gasteiger partial charge on any atom is 0.332 e. The zero-order chi connectivity index (χ0) is 14.3. The standard InChI is InChI=1S/C14H15N5O/c1-17-7-8-19(14(17)20)12-6-4-3-5-10(12)11-9-16-18(2)13(11)15/h3-9H,15H2,1-2H3. The highest BCUT2D eigenvalue weighted by molar-refractivity contribution is 5.79. The molecule has 2 N–H and O–H groups in total. The second-order valence-electron chi connectivity index (χ2n) is 4.65. The van der Waals surface area contributed by atoms with Crippen LogP contribution in [-0.2, 0) is 14.1 Å². The van der Waals surface area contributed by atoms with Gasteiger partial charge in [0.15, 0.2) is 0 Å². The van der Waals surface area contributed by atoms with Crippen LogP contribution in [0.4, 0.5) is 5.82 Å². The van der Waals surface area contributed by atoms with E-state index >= 15 is 0 Å². The fourth-order valence-corrected chi connectivity index (χ4v) is 2.21. The van der Waals surface area contributed by atoms with Gasteiger partial charge in [0.25, 0.3) is 0 Å².